The number of hydrogen-bond donors (Lipinski definition) is 1. The van der Waals surface area contributed by atoms with E-state index in [1.54, 1.807) is 6.92 Å². The molecule has 2 N–H and O–H groups in total. The third-order valence-electron chi connectivity index (χ3n) is 2.06. The molecule has 1 rings (SSSR count). The van der Waals surface area contributed by atoms with Gasteiger partial charge in [0.15, 0.2) is 0 Å². The van der Waals surface area contributed by atoms with Gasteiger partial charge in [0.2, 0.25) is 0 Å². The molecule has 0 aliphatic carbocycles. The molecule has 0 aliphatic rings. The number of hydrogen-bond acceptors (Lipinski definition) is 3. The molecule has 0 heterocycles. The van der Waals surface area contributed by atoms with Crippen molar-refractivity contribution in [1.29, 1.82) is 0 Å². The summed E-state index contributed by atoms with van der Waals surface area (Å²) in [6.07, 6.45) is 0.0798. The molecule has 1 aromatic carbocycles. The number of aldehydes is 1. The molecule has 80 valence electrons. The minimum absolute atomic E-state index is 0.368. The van der Waals surface area contributed by atoms with E-state index < -0.39 is 6.09 Å². The van der Waals surface area contributed by atoms with Gasteiger partial charge >= 0.3 is 6.09 Å². The number of primary amides is 1. The van der Waals surface area contributed by atoms with Gasteiger partial charge < -0.3 is 15.3 Å². The molecule has 0 radical (unpaired) electrons. The van der Waals surface area contributed by atoms with Gasteiger partial charge in [0.05, 0.1) is 0 Å². The van der Waals surface area contributed by atoms with Crippen LogP contribution in [0.25, 0.3) is 0 Å². The maximum absolute atomic E-state index is 10.5. The summed E-state index contributed by atoms with van der Waals surface area (Å²) >= 11 is 0. The lowest BCUT2D eigenvalue weighted by Crippen LogP contribution is -2.15. The number of ether oxygens (including phenoxy) is 1. The smallest absolute Gasteiger partial charge is 0.405 e. The van der Waals surface area contributed by atoms with E-state index in [1.807, 2.05) is 24.3 Å². The summed E-state index contributed by atoms with van der Waals surface area (Å²) in [7, 11) is 0. The number of carbonyl (C=O) groups is 2. The van der Waals surface area contributed by atoms with E-state index in [4.69, 9.17) is 10.5 Å². The SMILES string of the molecule is C[C@H](OC(N)=O)c1ccc(CC=O)cc1. The molecule has 4 heteroatoms. The molecule has 0 saturated heterocycles. The second kappa shape index (κ2) is 5.14. The fourth-order valence-electron chi connectivity index (χ4n) is 1.26. The van der Waals surface area contributed by atoms with Crippen LogP contribution in [0.3, 0.4) is 0 Å². The van der Waals surface area contributed by atoms with Crippen LogP contribution in [0.2, 0.25) is 0 Å². The summed E-state index contributed by atoms with van der Waals surface area (Å²) in [4.78, 5) is 20.8. The fraction of sp³-hybridized carbons (Fsp3) is 0.273. The molecule has 0 aromatic heterocycles. The van der Waals surface area contributed by atoms with E-state index in [0.717, 1.165) is 17.4 Å². The summed E-state index contributed by atoms with van der Waals surface area (Å²) in [5.41, 5.74) is 6.68. The largest absolute Gasteiger partial charge is 0.442 e. The number of amides is 1. The van der Waals surface area contributed by atoms with Crippen LogP contribution in [0.4, 0.5) is 4.79 Å². The quantitative estimate of drug-likeness (QED) is 0.762. The van der Waals surface area contributed by atoms with Gasteiger partial charge in [-0.05, 0) is 18.1 Å². The van der Waals surface area contributed by atoms with E-state index in [9.17, 15) is 9.59 Å². The van der Waals surface area contributed by atoms with E-state index >= 15 is 0 Å². The van der Waals surface area contributed by atoms with Crippen LogP contribution < -0.4 is 5.73 Å². The van der Waals surface area contributed by atoms with Gasteiger partial charge in [-0.3, -0.25) is 0 Å². The molecule has 1 atom stereocenters. The van der Waals surface area contributed by atoms with Crippen LogP contribution in [0, 0.1) is 0 Å². The Hall–Kier alpha value is -1.84. The first kappa shape index (κ1) is 11.2. The van der Waals surface area contributed by atoms with E-state index in [2.05, 4.69) is 0 Å². The highest BCUT2D eigenvalue weighted by molar-refractivity contribution is 5.65. The van der Waals surface area contributed by atoms with Gasteiger partial charge in [0.25, 0.3) is 0 Å². The topological polar surface area (TPSA) is 69.4 Å². The second-order valence-electron chi connectivity index (χ2n) is 3.19. The maximum Gasteiger partial charge on any atom is 0.405 e. The molecule has 1 aromatic rings. The van der Waals surface area contributed by atoms with Crippen molar-refractivity contribution in [1.82, 2.24) is 0 Å². The Balaban J connectivity index is 2.70. The Labute approximate surface area is 88.0 Å². The van der Waals surface area contributed by atoms with Gasteiger partial charge in [0, 0.05) is 6.42 Å². The zero-order chi connectivity index (χ0) is 11.3. The normalized spacial score (nSPS) is 11.8. The van der Waals surface area contributed by atoms with Gasteiger partial charge in [-0.1, -0.05) is 24.3 Å². The first-order valence-electron chi connectivity index (χ1n) is 4.62. The van der Waals surface area contributed by atoms with Gasteiger partial charge in [-0.2, -0.15) is 0 Å². The lowest BCUT2D eigenvalue weighted by atomic mass is 10.1. The molecule has 0 aliphatic heterocycles. The maximum atomic E-state index is 10.5. The van der Waals surface area contributed by atoms with Gasteiger partial charge in [-0.15, -0.1) is 0 Å². The average molecular weight is 207 g/mol. The van der Waals surface area contributed by atoms with Crippen LogP contribution in [-0.2, 0) is 16.0 Å². The van der Waals surface area contributed by atoms with Gasteiger partial charge in [0.1, 0.15) is 12.4 Å². The van der Waals surface area contributed by atoms with Crippen molar-refractivity contribution in [3.05, 3.63) is 35.4 Å². The molecule has 0 saturated carbocycles. The minimum Gasteiger partial charge on any atom is -0.442 e. The average Bonchev–Trinajstić information content (AvgIpc) is 2.18. The Kier molecular flexibility index (Phi) is 3.85. The highest BCUT2D eigenvalue weighted by Gasteiger charge is 2.08. The van der Waals surface area contributed by atoms with Crippen LogP contribution in [0.1, 0.15) is 24.2 Å². The van der Waals surface area contributed by atoms with Crippen molar-refractivity contribution in [2.75, 3.05) is 0 Å². The standard InChI is InChI=1S/C11H13NO3/c1-8(15-11(12)14)10-4-2-9(3-5-10)6-7-13/h2-5,7-8H,6H2,1H3,(H2,12,14)/t8-/m0/s1. The molecule has 0 spiro atoms. The van der Waals surface area contributed by atoms with Crippen molar-refractivity contribution >= 4 is 12.4 Å². The van der Waals surface area contributed by atoms with Crippen LogP contribution in [0.15, 0.2) is 24.3 Å². The third-order valence-corrected chi connectivity index (χ3v) is 2.06. The molecule has 4 nitrogen and oxygen atoms in total. The number of rotatable bonds is 4. The van der Waals surface area contributed by atoms with Crippen molar-refractivity contribution in [3.8, 4) is 0 Å². The number of carbonyl (C=O) groups excluding carboxylic acids is 2. The van der Waals surface area contributed by atoms with Crippen molar-refractivity contribution in [2.24, 2.45) is 5.73 Å². The van der Waals surface area contributed by atoms with Crippen LogP contribution >= 0.6 is 0 Å². The Bertz CT molecular complexity index is 345. The highest BCUT2D eigenvalue weighted by atomic mass is 16.6. The predicted molar refractivity (Wildman–Crippen MR) is 55.3 cm³/mol. The summed E-state index contributed by atoms with van der Waals surface area (Å²) in [6, 6.07) is 7.27. The van der Waals surface area contributed by atoms with Crippen molar-refractivity contribution in [3.63, 3.8) is 0 Å². The summed E-state index contributed by atoms with van der Waals surface area (Å²) in [5, 5.41) is 0. The predicted octanol–water partition coefficient (Wildman–Crippen LogP) is 1.58. The monoisotopic (exact) mass is 207 g/mol. The van der Waals surface area contributed by atoms with E-state index in [-0.39, 0.29) is 6.10 Å². The third kappa shape index (κ3) is 3.42. The minimum atomic E-state index is -0.792. The molecule has 1 amide bonds. The van der Waals surface area contributed by atoms with E-state index in [0.29, 0.717) is 6.42 Å². The summed E-state index contributed by atoms with van der Waals surface area (Å²) < 4.78 is 4.81. The number of nitrogens with two attached hydrogens (primary N) is 1. The zero-order valence-corrected chi connectivity index (χ0v) is 8.47. The van der Waals surface area contributed by atoms with Crippen molar-refractivity contribution in [2.45, 2.75) is 19.4 Å². The Morgan fingerprint density at radius 1 is 1.47 bits per heavy atom. The van der Waals surface area contributed by atoms with Crippen LogP contribution in [0.5, 0.6) is 0 Å². The molecular weight excluding hydrogens is 194 g/mol. The lowest BCUT2D eigenvalue weighted by Gasteiger charge is -2.11. The highest BCUT2D eigenvalue weighted by Crippen LogP contribution is 2.17. The molecular formula is C11H13NO3. The Morgan fingerprint density at radius 3 is 2.53 bits per heavy atom. The number of benzene rings is 1. The molecule has 15 heavy (non-hydrogen) atoms. The Morgan fingerprint density at radius 2 is 2.07 bits per heavy atom. The van der Waals surface area contributed by atoms with Gasteiger partial charge in [-0.25, -0.2) is 4.79 Å². The first-order chi connectivity index (χ1) is 7.13. The van der Waals surface area contributed by atoms with Crippen molar-refractivity contribution < 1.29 is 14.3 Å². The molecule has 0 bridgehead atoms. The summed E-state index contributed by atoms with van der Waals surface area (Å²) in [5.74, 6) is 0. The molecule has 0 fully saturated rings. The summed E-state index contributed by atoms with van der Waals surface area (Å²) in [6.45, 7) is 1.74. The fourth-order valence-corrected chi connectivity index (χ4v) is 1.26. The zero-order valence-electron chi connectivity index (χ0n) is 8.47. The first-order valence-corrected chi connectivity index (χ1v) is 4.62. The lowest BCUT2D eigenvalue weighted by molar-refractivity contribution is -0.107. The van der Waals surface area contributed by atoms with Crippen LogP contribution in [-0.4, -0.2) is 12.4 Å². The van der Waals surface area contributed by atoms with E-state index in [1.165, 1.54) is 0 Å². The molecule has 0 unspecified atom stereocenters. The second-order valence-corrected chi connectivity index (χ2v) is 3.19.